The number of hydrogen-bond acceptors (Lipinski definition) is 4. The molecule has 4 heteroatoms. The Bertz CT molecular complexity index is 414. The third-order valence-corrected chi connectivity index (χ3v) is 2.45. The number of furan rings is 1. The van der Waals surface area contributed by atoms with E-state index in [1.807, 2.05) is 6.07 Å². The molecule has 4 nitrogen and oxygen atoms in total. The maximum absolute atomic E-state index is 9.98. The summed E-state index contributed by atoms with van der Waals surface area (Å²) in [6.07, 6.45) is 4.65. The fourth-order valence-corrected chi connectivity index (χ4v) is 1.57. The molecule has 0 saturated heterocycles. The van der Waals surface area contributed by atoms with Gasteiger partial charge in [-0.15, -0.1) is 0 Å². The summed E-state index contributed by atoms with van der Waals surface area (Å²) in [6, 6.07) is 6.84. The molecule has 0 aliphatic carbocycles. The second kappa shape index (κ2) is 4.92. The molecule has 0 radical (unpaired) electrons. The topological polar surface area (TPSA) is 72.3 Å². The van der Waals surface area contributed by atoms with Crippen LogP contribution in [0.5, 0.6) is 0 Å². The molecule has 0 aliphatic heterocycles. The van der Waals surface area contributed by atoms with Gasteiger partial charge in [0.05, 0.1) is 12.4 Å². The van der Waals surface area contributed by atoms with Gasteiger partial charge in [-0.2, -0.15) is 0 Å². The molecule has 2 atom stereocenters. The first-order chi connectivity index (χ1) is 7.77. The number of aliphatic hydroxyl groups excluding tert-OH is 1. The Balaban J connectivity index is 2.02. The van der Waals surface area contributed by atoms with E-state index in [-0.39, 0.29) is 0 Å². The van der Waals surface area contributed by atoms with Gasteiger partial charge in [0.2, 0.25) is 0 Å². The molecule has 2 aromatic rings. The van der Waals surface area contributed by atoms with Gasteiger partial charge in [-0.05, 0) is 18.2 Å². The second-order valence-corrected chi connectivity index (χ2v) is 3.68. The largest absolute Gasteiger partial charge is 0.469 e. The summed E-state index contributed by atoms with van der Waals surface area (Å²) in [5.41, 5.74) is 6.63. The normalized spacial score (nSPS) is 14.6. The summed E-state index contributed by atoms with van der Waals surface area (Å²) in [4.78, 5) is 3.95. The number of aromatic nitrogens is 1. The van der Waals surface area contributed by atoms with Crippen molar-refractivity contribution in [1.82, 2.24) is 4.98 Å². The molecule has 84 valence electrons. The van der Waals surface area contributed by atoms with E-state index in [9.17, 15) is 5.11 Å². The summed E-state index contributed by atoms with van der Waals surface area (Å²) in [7, 11) is 0. The second-order valence-electron chi connectivity index (χ2n) is 3.68. The van der Waals surface area contributed by atoms with Crippen LogP contribution in [-0.4, -0.2) is 16.1 Å². The lowest BCUT2D eigenvalue weighted by Gasteiger charge is -2.17. The summed E-state index contributed by atoms with van der Waals surface area (Å²) in [5.74, 6) is 0.774. The smallest absolute Gasteiger partial charge is 0.105 e. The van der Waals surface area contributed by atoms with Gasteiger partial charge in [-0.1, -0.05) is 6.07 Å². The number of hydrogen-bond donors (Lipinski definition) is 2. The Hall–Kier alpha value is -1.65. The van der Waals surface area contributed by atoms with Crippen LogP contribution in [0, 0.1) is 0 Å². The average Bonchev–Trinajstić information content (AvgIpc) is 2.82. The van der Waals surface area contributed by atoms with E-state index < -0.39 is 12.1 Å². The van der Waals surface area contributed by atoms with Crippen molar-refractivity contribution in [2.24, 2.45) is 5.73 Å². The molecule has 2 aromatic heterocycles. The van der Waals surface area contributed by atoms with Gasteiger partial charge in [-0.3, -0.25) is 4.98 Å². The van der Waals surface area contributed by atoms with Gasteiger partial charge in [0.25, 0.3) is 0 Å². The van der Waals surface area contributed by atoms with Crippen LogP contribution < -0.4 is 5.73 Å². The van der Waals surface area contributed by atoms with Crippen LogP contribution in [0.1, 0.15) is 17.4 Å². The van der Waals surface area contributed by atoms with Crippen LogP contribution in [0.4, 0.5) is 0 Å². The molecule has 16 heavy (non-hydrogen) atoms. The highest BCUT2D eigenvalue weighted by Crippen LogP contribution is 2.17. The number of nitrogens with two attached hydrogens (primary N) is 1. The number of rotatable bonds is 4. The Morgan fingerprint density at radius 2 is 2.25 bits per heavy atom. The SMILES string of the molecule is NC(Cc1ccco1)C(O)c1cccnc1. The molecule has 2 heterocycles. The molecular formula is C12H14N2O2. The van der Waals surface area contributed by atoms with E-state index in [4.69, 9.17) is 10.2 Å². The zero-order valence-corrected chi connectivity index (χ0v) is 8.78. The average molecular weight is 218 g/mol. The summed E-state index contributed by atoms with van der Waals surface area (Å²) in [6.45, 7) is 0. The maximum Gasteiger partial charge on any atom is 0.105 e. The molecule has 0 aliphatic rings. The Morgan fingerprint density at radius 3 is 2.88 bits per heavy atom. The fourth-order valence-electron chi connectivity index (χ4n) is 1.57. The minimum atomic E-state index is -0.723. The van der Waals surface area contributed by atoms with Crippen molar-refractivity contribution in [1.29, 1.82) is 0 Å². The lowest BCUT2D eigenvalue weighted by Crippen LogP contribution is -2.30. The molecule has 2 unspecified atom stereocenters. The van der Waals surface area contributed by atoms with Gasteiger partial charge in [0.15, 0.2) is 0 Å². The zero-order chi connectivity index (χ0) is 11.4. The minimum Gasteiger partial charge on any atom is -0.469 e. The van der Waals surface area contributed by atoms with Crippen LogP contribution in [0.2, 0.25) is 0 Å². The van der Waals surface area contributed by atoms with E-state index in [2.05, 4.69) is 4.98 Å². The van der Waals surface area contributed by atoms with Crippen molar-refractivity contribution in [3.63, 3.8) is 0 Å². The summed E-state index contributed by atoms with van der Waals surface area (Å²) < 4.78 is 5.18. The fraction of sp³-hybridized carbons (Fsp3) is 0.250. The van der Waals surface area contributed by atoms with E-state index in [0.717, 1.165) is 11.3 Å². The number of nitrogens with zero attached hydrogens (tertiary/aromatic N) is 1. The van der Waals surface area contributed by atoms with Gasteiger partial charge < -0.3 is 15.3 Å². The molecule has 0 fully saturated rings. The van der Waals surface area contributed by atoms with Crippen LogP contribution in [-0.2, 0) is 6.42 Å². The monoisotopic (exact) mass is 218 g/mol. The van der Waals surface area contributed by atoms with Crippen molar-refractivity contribution < 1.29 is 9.52 Å². The minimum absolute atomic E-state index is 0.393. The highest BCUT2D eigenvalue weighted by atomic mass is 16.3. The number of aliphatic hydroxyl groups is 1. The Kier molecular flexibility index (Phi) is 3.34. The molecular weight excluding hydrogens is 204 g/mol. The summed E-state index contributed by atoms with van der Waals surface area (Å²) in [5, 5.41) is 9.98. The summed E-state index contributed by atoms with van der Waals surface area (Å²) >= 11 is 0. The first kappa shape index (κ1) is 10.9. The van der Waals surface area contributed by atoms with Gasteiger partial charge >= 0.3 is 0 Å². The predicted octanol–water partition coefficient (Wildman–Crippen LogP) is 1.28. The van der Waals surface area contributed by atoms with Gasteiger partial charge in [0.1, 0.15) is 5.76 Å². The van der Waals surface area contributed by atoms with Crippen LogP contribution in [0.25, 0.3) is 0 Å². The molecule has 0 amide bonds. The van der Waals surface area contributed by atoms with Gasteiger partial charge in [0, 0.05) is 30.4 Å². The number of pyridine rings is 1. The standard InChI is InChI=1S/C12H14N2O2/c13-11(7-10-4-2-6-16-10)12(15)9-3-1-5-14-8-9/h1-6,8,11-12,15H,7,13H2. The molecule has 0 aromatic carbocycles. The maximum atomic E-state index is 9.98. The quantitative estimate of drug-likeness (QED) is 0.810. The molecule has 2 rings (SSSR count). The van der Waals surface area contributed by atoms with E-state index in [1.54, 1.807) is 36.9 Å². The van der Waals surface area contributed by atoms with Crippen molar-refractivity contribution in [2.75, 3.05) is 0 Å². The Morgan fingerprint density at radius 1 is 1.38 bits per heavy atom. The van der Waals surface area contributed by atoms with E-state index in [1.165, 1.54) is 0 Å². The van der Waals surface area contributed by atoms with Gasteiger partial charge in [-0.25, -0.2) is 0 Å². The lowest BCUT2D eigenvalue weighted by atomic mass is 10.0. The highest BCUT2D eigenvalue weighted by Gasteiger charge is 2.18. The third-order valence-electron chi connectivity index (χ3n) is 2.45. The Labute approximate surface area is 93.7 Å². The molecule has 3 N–H and O–H groups in total. The molecule has 0 saturated carbocycles. The highest BCUT2D eigenvalue weighted by molar-refractivity contribution is 5.15. The van der Waals surface area contributed by atoms with Crippen molar-refractivity contribution in [3.8, 4) is 0 Å². The molecule has 0 bridgehead atoms. The predicted molar refractivity (Wildman–Crippen MR) is 59.6 cm³/mol. The van der Waals surface area contributed by atoms with Crippen LogP contribution in [0.15, 0.2) is 47.3 Å². The molecule has 0 spiro atoms. The first-order valence-corrected chi connectivity index (χ1v) is 5.13. The van der Waals surface area contributed by atoms with Crippen LogP contribution >= 0.6 is 0 Å². The van der Waals surface area contributed by atoms with E-state index >= 15 is 0 Å². The third kappa shape index (κ3) is 2.48. The zero-order valence-electron chi connectivity index (χ0n) is 8.78. The van der Waals surface area contributed by atoms with Crippen molar-refractivity contribution in [2.45, 2.75) is 18.6 Å². The van der Waals surface area contributed by atoms with Crippen molar-refractivity contribution >= 4 is 0 Å². The van der Waals surface area contributed by atoms with E-state index in [0.29, 0.717) is 6.42 Å². The van der Waals surface area contributed by atoms with Crippen LogP contribution in [0.3, 0.4) is 0 Å². The first-order valence-electron chi connectivity index (χ1n) is 5.13. The van der Waals surface area contributed by atoms with Crippen molar-refractivity contribution in [3.05, 3.63) is 54.2 Å². The lowest BCUT2D eigenvalue weighted by molar-refractivity contribution is 0.143.